The van der Waals surface area contributed by atoms with E-state index in [1.165, 1.54) is 19.1 Å². The number of carbonyl (C=O) groups excluding carboxylic acids is 1. The first-order valence-corrected chi connectivity index (χ1v) is 6.42. The number of nitrogens with two attached hydrogens (primary N) is 1. The van der Waals surface area contributed by atoms with Crippen molar-refractivity contribution in [2.75, 3.05) is 5.75 Å². The molecule has 0 amide bonds. The van der Waals surface area contributed by atoms with Crippen LogP contribution in [0.4, 0.5) is 4.39 Å². The van der Waals surface area contributed by atoms with Crippen LogP contribution in [-0.4, -0.2) is 27.2 Å². The zero-order valence-corrected chi connectivity index (χ0v) is 10.8. The van der Waals surface area contributed by atoms with E-state index >= 15 is 0 Å². The summed E-state index contributed by atoms with van der Waals surface area (Å²) in [4.78, 5) is 10.7. The molecule has 4 nitrogen and oxygen atoms in total. The molecule has 0 aliphatic heterocycles. The fourth-order valence-electron chi connectivity index (χ4n) is 1.43. The predicted molar refractivity (Wildman–Crippen MR) is 68.4 cm³/mol. The third kappa shape index (κ3) is 4.06. The molecule has 1 rings (SSSR count). The first-order chi connectivity index (χ1) is 8.45. The standard InChI is InChI=1S/C12H16FNO3S/c1-7(15)18-6-11(16)12(17)8-2-3-9(5-14)10(13)4-8/h2-4,11-12,16-17H,5-6,14H2,1H3. The Kier molecular flexibility index (Phi) is 5.74. The van der Waals surface area contributed by atoms with Gasteiger partial charge < -0.3 is 15.9 Å². The first kappa shape index (κ1) is 15.1. The number of halogens is 1. The third-order valence-corrected chi connectivity index (χ3v) is 3.38. The third-order valence-electron chi connectivity index (χ3n) is 2.46. The molecule has 2 unspecified atom stereocenters. The van der Waals surface area contributed by atoms with E-state index in [4.69, 9.17) is 5.73 Å². The van der Waals surface area contributed by atoms with Crippen LogP contribution in [0.5, 0.6) is 0 Å². The van der Waals surface area contributed by atoms with E-state index in [-0.39, 0.29) is 23.0 Å². The molecular formula is C12H16FNO3S. The van der Waals surface area contributed by atoms with Crippen molar-refractivity contribution < 1.29 is 19.4 Å². The van der Waals surface area contributed by atoms with Gasteiger partial charge in [0.2, 0.25) is 0 Å². The smallest absolute Gasteiger partial charge is 0.185 e. The quantitative estimate of drug-likeness (QED) is 0.744. The Morgan fingerprint density at radius 2 is 2.17 bits per heavy atom. The highest BCUT2D eigenvalue weighted by Gasteiger charge is 2.20. The van der Waals surface area contributed by atoms with E-state index in [0.717, 1.165) is 17.8 Å². The molecule has 0 aromatic heterocycles. The molecule has 1 aromatic rings. The Hall–Kier alpha value is -0.950. The van der Waals surface area contributed by atoms with Crippen molar-refractivity contribution in [3.05, 3.63) is 35.1 Å². The van der Waals surface area contributed by atoms with Gasteiger partial charge in [-0.2, -0.15) is 0 Å². The van der Waals surface area contributed by atoms with E-state index in [1.54, 1.807) is 0 Å². The second kappa shape index (κ2) is 6.84. The maximum Gasteiger partial charge on any atom is 0.185 e. The molecule has 0 aliphatic rings. The number of thioether (sulfide) groups is 1. The molecule has 100 valence electrons. The summed E-state index contributed by atoms with van der Waals surface area (Å²) < 4.78 is 13.5. The molecule has 1 aromatic carbocycles. The van der Waals surface area contributed by atoms with Crippen LogP contribution in [0.1, 0.15) is 24.2 Å². The summed E-state index contributed by atoms with van der Waals surface area (Å²) >= 11 is 0.912. The van der Waals surface area contributed by atoms with Crippen LogP contribution in [0.2, 0.25) is 0 Å². The summed E-state index contributed by atoms with van der Waals surface area (Å²) in [5.41, 5.74) is 5.94. The van der Waals surface area contributed by atoms with Crippen molar-refractivity contribution in [3.8, 4) is 0 Å². The van der Waals surface area contributed by atoms with Crippen LogP contribution < -0.4 is 5.73 Å². The van der Waals surface area contributed by atoms with Crippen LogP contribution in [0.3, 0.4) is 0 Å². The molecule has 18 heavy (non-hydrogen) atoms. The Morgan fingerprint density at radius 1 is 1.50 bits per heavy atom. The number of aliphatic hydroxyl groups is 2. The second-order valence-electron chi connectivity index (χ2n) is 3.87. The van der Waals surface area contributed by atoms with Gasteiger partial charge in [0.15, 0.2) is 5.12 Å². The predicted octanol–water partition coefficient (Wildman–Crippen LogP) is 0.958. The van der Waals surface area contributed by atoms with E-state index in [1.807, 2.05) is 0 Å². The van der Waals surface area contributed by atoms with E-state index in [9.17, 15) is 19.4 Å². The van der Waals surface area contributed by atoms with Gasteiger partial charge in [0.1, 0.15) is 11.9 Å². The zero-order chi connectivity index (χ0) is 13.7. The van der Waals surface area contributed by atoms with Crippen LogP contribution in [0.15, 0.2) is 18.2 Å². The number of hydrogen-bond acceptors (Lipinski definition) is 5. The minimum Gasteiger partial charge on any atom is -0.389 e. The van der Waals surface area contributed by atoms with Crippen molar-refractivity contribution >= 4 is 16.9 Å². The molecular weight excluding hydrogens is 257 g/mol. The van der Waals surface area contributed by atoms with Crippen molar-refractivity contribution in [1.82, 2.24) is 0 Å². The lowest BCUT2D eigenvalue weighted by atomic mass is 10.0. The lowest BCUT2D eigenvalue weighted by Crippen LogP contribution is -2.21. The summed E-state index contributed by atoms with van der Waals surface area (Å²) in [7, 11) is 0. The maximum absolute atomic E-state index is 13.5. The second-order valence-corrected chi connectivity index (χ2v) is 5.07. The summed E-state index contributed by atoms with van der Waals surface area (Å²) in [5, 5.41) is 19.3. The summed E-state index contributed by atoms with van der Waals surface area (Å²) in [5.74, 6) is -0.447. The molecule has 0 saturated carbocycles. The molecule has 0 bridgehead atoms. The van der Waals surface area contributed by atoms with Crippen LogP contribution >= 0.6 is 11.8 Å². The lowest BCUT2D eigenvalue weighted by Gasteiger charge is -2.17. The summed E-state index contributed by atoms with van der Waals surface area (Å²) in [6.07, 6.45) is -2.35. The largest absolute Gasteiger partial charge is 0.389 e. The molecule has 0 radical (unpaired) electrons. The lowest BCUT2D eigenvalue weighted by molar-refractivity contribution is -0.109. The van der Waals surface area contributed by atoms with E-state index < -0.39 is 18.0 Å². The molecule has 0 aliphatic carbocycles. The Balaban J connectivity index is 2.74. The SMILES string of the molecule is CC(=O)SCC(O)C(O)c1ccc(CN)c(F)c1. The van der Waals surface area contributed by atoms with Crippen molar-refractivity contribution in [2.24, 2.45) is 5.73 Å². The average Bonchev–Trinajstić information content (AvgIpc) is 2.34. The average molecular weight is 273 g/mol. The fourth-order valence-corrected chi connectivity index (χ4v) is 2.02. The number of hydrogen-bond donors (Lipinski definition) is 3. The minimum absolute atomic E-state index is 0.0662. The fraction of sp³-hybridized carbons (Fsp3) is 0.417. The Bertz CT molecular complexity index is 428. The van der Waals surface area contributed by atoms with Crippen molar-refractivity contribution in [1.29, 1.82) is 0 Å². The van der Waals surface area contributed by atoms with Gasteiger partial charge in [-0.15, -0.1) is 0 Å². The topological polar surface area (TPSA) is 83.5 Å². The molecule has 4 N–H and O–H groups in total. The van der Waals surface area contributed by atoms with E-state index in [0.29, 0.717) is 5.56 Å². The highest BCUT2D eigenvalue weighted by molar-refractivity contribution is 8.13. The van der Waals surface area contributed by atoms with Gasteiger partial charge >= 0.3 is 0 Å². The van der Waals surface area contributed by atoms with Gasteiger partial charge in [-0.05, 0) is 11.6 Å². The Labute approximate surface area is 109 Å². The summed E-state index contributed by atoms with van der Waals surface area (Å²) in [6, 6.07) is 4.13. The number of carbonyl (C=O) groups is 1. The maximum atomic E-state index is 13.5. The van der Waals surface area contributed by atoms with Crippen LogP contribution in [0, 0.1) is 5.82 Å². The number of aliphatic hydroxyl groups excluding tert-OH is 2. The highest BCUT2D eigenvalue weighted by atomic mass is 32.2. The zero-order valence-electron chi connectivity index (χ0n) is 9.97. The number of benzene rings is 1. The molecule has 0 fully saturated rings. The van der Waals surface area contributed by atoms with Crippen molar-refractivity contribution in [3.63, 3.8) is 0 Å². The normalized spacial score (nSPS) is 14.3. The van der Waals surface area contributed by atoms with Crippen molar-refractivity contribution in [2.45, 2.75) is 25.7 Å². The van der Waals surface area contributed by atoms with Crippen LogP contribution in [-0.2, 0) is 11.3 Å². The monoisotopic (exact) mass is 273 g/mol. The highest BCUT2D eigenvalue weighted by Crippen LogP contribution is 2.22. The molecule has 6 heteroatoms. The van der Waals surface area contributed by atoms with Gasteiger partial charge in [0, 0.05) is 24.8 Å². The van der Waals surface area contributed by atoms with E-state index in [2.05, 4.69) is 0 Å². The number of rotatable bonds is 5. The van der Waals surface area contributed by atoms with Gasteiger partial charge in [-0.3, -0.25) is 4.79 Å². The first-order valence-electron chi connectivity index (χ1n) is 5.43. The summed E-state index contributed by atoms with van der Waals surface area (Å²) in [6.45, 7) is 1.45. The Morgan fingerprint density at radius 3 is 2.67 bits per heavy atom. The molecule has 2 atom stereocenters. The van der Waals surface area contributed by atoms with Gasteiger partial charge in [0.25, 0.3) is 0 Å². The van der Waals surface area contributed by atoms with Crippen LogP contribution in [0.25, 0.3) is 0 Å². The van der Waals surface area contributed by atoms with Gasteiger partial charge in [-0.1, -0.05) is 23.9 Å². The molecule has 0 saturated heterocycles. The van der Waals surface area contributed by atoms with Gasteiger partial charge in [-0.25, -0.2) is 4.39 Å². The molecule has 0 heterocycles. The minimum atomic E-state index is -1.22. The van der Waals surface area contributed by atoms with Gasteiger partial charge in [0.05, 0.1) is 6.10 Å². The molecule has 0 spiro atoms.